The van der Waals surface area contributed by atoms with Gasteiger partial charge in [-0.2, -0.15) is 0 Å². The summed E-state index contributed by atoms with van der Waals surface area (Å²) in [5.74, 6) is -0.207. The molecule has 0 heterocycles. The van der Waals surface area contributed by atoms with E-state index in [1.807, 2.05) is 31.2 Å². The van der Waals surface area contributed by atoms with Crippen LogP contribution in [0.5, 0.6) is 0 Å². The van der Waals surface area contributed by atoms with Gasteiger partial charge >= 0.3 is 0 Å². The van der Waals surface area contributed by atoms with Gasteiger partial charge in [0.05, 0.1) is 16.8 Å². The molecular weight excluding hydrogens is 358 g/mol. The van der Waals surface area contributed by atoms with E-state index in [1.165, 1.54) is 0 Å². The van der Waals surface area contributed by atoms with Crippen molar-refractivity contribution in [1.82, 2.24) is 0 Å². The molecule has 0 aliphatic heterocycles. The van der Waals surface area contributed by atoms with Crippen molar-refractivity contribution >= 4 is 21.4 Å². The summed E-state index contributed by atoms with van der Waals surface area (Å²) in [5, 5.41) is 0.0151. The number of sulfone groups is 1. The molecule has 134 valence electrons. The minimum atomic E-state index is -3.52. The summed E-state index contributed by atoms with van der Waals surface area (Å²) in [4.78, 5) is 0.327. The van der Waals surface area contributed by atoms with Gasteiger partial charge < -0.3 is 10.5 Å². The van der Waals surface area contributed by atoms with Crippen LogP contribution in [-0.4, -0.2) is 33.9 Å². The molecule has 25 heavy (non-hydrogen) atoms. The third kappa shape index (κ3) is 3.10. The lowest BCUT2D eigenvalue weighted by Crippen LogP contribution is -2.28. The maximum atomic E-state index is 13.3. The van der Waals surface area contributed by atoms with Gasteiger partial charge in [-0.25, -0.2) is 8.42 Å². The Balaban J connectivity index is 2.05. The third-order valence-corrected chi connectivity index (χ3v) is 7.68. The van der Waals surface area contributed by atoms with Crippen molar-refractivity contribution in [1.29, 1.82) is 0 Å². The van der Waals surface area contributed by atoms with Gasteiger partial charge in [-0.15, -0.1) is 0 Å². The van der Waals surface area contributed by atoms with Gasteiger partial charge in [-0.1, -0.05) is 41.4 Å². The Hall–Kier alpha value is -1.40. The Morgan fingerprint density at radius 1 is 1.12 bits per heavy atom. The first-order valence-electron chi connectivity index (χ1n) is 8.12. The van der Waals surface area contributed by atoms with Gasteiger partial charge in [-0.05, 0) is 36.8 Å². The summed E-state index contributed by atoms with van der Waals surface area (Å²) >= 11 is 5.97. The van der Waals surface area contributed by atoms with E-state index in [4.69, 9.17) is 22.1 Å². The van der Waals surface area contributed by atoms with E-state index >= 15 is 0 Å². The lowest BCUT2D eigenvalue weighted by Gasteiger charge is -2.15. The van der Waals surface area contributed by atoms with Crippen LogP contribution in [0.4, 0.5) is 0 Å². The van der Waals surface area contributed by atoms with Gasteiger partial charge in [-0.3, -0.25) is 0 Å². The number of hydrogen-bond acceptors (Lipinski definition) is 4. The maximum Gasteiger partial charge on any atom is 0.182 e. The Kier molecular flexibility index (Phi) is 4.95. The highest BCUT2D eigenvalue weighted by molar-refractivity contribution is 7.92. The van der Waals surface area contributed by atoms with Gasteiger partial charge in [0.25, 0.3) is 0 Å². The maximum absolute atomic E-state index is 13.3. The van der Waals surface area contributed by atoms with Gasteiger partial charge in [0.15, 0.2) is 9.84 Å². The Morgan fingerprint density at radius 3 is 2.24 bits per heavy atom. The van der Waals surface area contributed by atoms with Gasteiger partial charge in [0.1, 0.15) is 0 Å². The zero-order valence-electron chi connectivity index (χ0n) is 14.3. The lowest BCUT2D eigenvalue weighted by atomic mass is 10.0. The second-order valence-corrected chi connectivity index (χ2v) is 9.18. The van der Waals surface area contributed by atoms with E-state index in [-0.39, 0.29) is 12.5 Å². The number of benzene rings is 2. The number of halogens is 1. The number of methoxy groups -OCH3 is 1. The summed E-state index contributed by atoms with van der Waals surface area (Å²) in [6.07, 6.45) is 0. The smallest absolute Gasteiger partial charge is 0.182 e. The highest BCUT2D eigenvalue weighted by Crippen LogP contribution is 2.63. The van der Waals surface area contributed by atoms with Gasteiger partial charge in [0.2, 0.25) is 0 Å². The summed E-state index contributed by atoms with van der Waals surface area (Å²) in [6.45, 7) is 2.47. The second-order valence-electron chi connectivity index (χ2n) is 6.68. The topological polar surface area (TPSA) is 69.4 Å². The molecule has 0 saturated heterocycles. The van der Waals surface area contributed by atoms with Crippen molar-refractivity contribution in [2.24, 2.45) is 11.1 Å². The van der Waals surface area contributed by atoms with Crippen LogP contribution < -0.4 is 5.73 Å². The normalized spacial score (nSPS) is 25.8. The molecule has 1 aliphatic rings. The van der Waals surface area contributed by atoms with E-state index in [9.17, 15) is 8.42 Å². The predicted octanol–water partition coefficient (Wildman–Crippen LogP) is 3.18. The fourth-order valence-electron chi connectivity index (χ4n) is 3.74. The molecule has 2 N–H and O–H groups in total. The number of rotatable bonds is 6. The van der Waals surface area contributed by atoms with Crippen molar-refractivity contribution in [2.75, 3.05) is 20.3 Å². The molecule has 0 aromatic heterocycles. The zero-order valence-corrected chi connectivity index (χ0v) is 15.8. The second kappa shape index (κ2) is 6.72. The molecule has 0 radical (unpaired) electrons. The average molecular weight is 380 g/mol. The van der Waals surface area contributed by atoms with E-state index in [0.29, 0.717) is 16.5 Å². The molecule has 2 aromatic rings. The monoisotopic (exact) mass is 379 g/mol. The molecule has 1 aliphatic carbocycles. The van der Waals surface area contributed by atoms with E-state index in [2.05, 4.69) is 0 Å². The highest BCUT2D eigenvalue weighted by Gasteiger charge is 2.70. The first-order valence-corrected chi connectivity index (χ1v) is 10.0. The van der Waals surface area contributed by atoms with E-state index < -0.39 is 20.5 Å². The van der Waals surface area contributed by atoms with Crippen LogP contribution in [0.2, 0.25) is 5.02 Å². The van der Waals surface area contributed by atoms with Crippen LogP contribution in [0, 0.1) is 12.3 Å². The van der Waals surface area contributed by atoms with Crippen LogP contribution in [-0.2, 0) is 14.6 Å². The van der Waals surface area contributed by atoms with Crippen molar-refractivity contribution in [2.45, 2.75) is 23.0 Å². The Morgan fingerprint density at radius 2 is 1.72 bits per heavy atom. The standard InChI is InChI=1S/C19H22ClNO3S/c1-13-3-9-16(10-4-13)25(22,23)18-17(19(18,11-21)12-24-2)14-5-7-15(20)8-6-14/h3-10,17-18H,11-12,21H2,1-2H3. The molecule has 0 spiro atoms. The lowest BCUT2D eigenvalue weighted by molar-refractivity contribution is 0.142. The minimum Gasteiger partial charge on any atom is -0.384 e. The Bertz CT molecular complexity index is 849. The Labute approximate surface area is 153 Å². The minimum absolute atomic E-state index is 0.207. The van der Waals surface area contributed by atoms with Crippen molar-refractivity contribution in [3.8, 4) is 0 Å². The van der Waals surface area contributed by atoms with Crippen LogP contribution in [0.15, 0.2) is 53.4 Å². The molecular formula is C19H22ClNO3S. The zero-order chi connectivity index (χ0) is 18.2. The SMILES string of the molecule is COCC1(CN)C(c2ccc(Cl)cc2)C1S(=O)(=O)c1ccc(C)cc1. The molecule has 3 rings (SSSR count). The summed E-state index contributed by atoms with van der Waals surface area (Å²) in [5.41, 5.74) is 7.36. The number of hydrogen-bond donors (Lipinski definition) is 1. The number of ether oxygens (including phenoxy) is 1. The molecule has 3 atom stereocenters. The van der Waals surface area contributed by atoms with Crippen molar-refractivity contribution in [3.05, 3.63) is 64.7 Å². The van der Waals surface area contributed by atoms with E-state index in [0.717, 1.165) is 11.1 Å². The molecule has 4 nitrogen and oxygen atoms in total. The number of nitrogens with two attached hydrogens (primary N) is 1. The third-order valence-electron chi connectivity index (χ3n) is 5.09. The summed E-state index contributed by atoms with van der Waals surface area (Å²) in [6, 6.07) is 14.2. The average Bonchev–Trinajstić information content (AvgIpc) is 3.26. The first-order chi connectivity index (χ1) is 11.9. The summed E-state index contributed by atoms with van der Waals surface area (Å²) < 4.78 is 31.9. The quantitative estimate of drug-likeness (QED) is 0.836. The molecule has 1 saturated carbocycles. The first kappa shape index (κ1) is 18.4. The molecule has 0 bridgehead atoms. The van der Waals surface area contributed by atoms with Crippen LogP contribution in [0.1, 0.15) is 17.0 Å². The number of aryl methyl sites for hydroxylation is 1. The van der Waals surface area contributed by atoms with Gasteiger partial charge in [0, 0.05) is 30.0 Å². The predicted molar refractivity (Wildman–Crippen MR) is 99.7 cm³/mol. The van der Waals surface area contributed by atoms with E-state index in [1.54, 1.807) is 31.4 Å². The van der Waals surface area contributed by atoms with Crippen LogP contribution in [0.3, 0.4) is 0 Å². The molecule has 6 heteroatoms. The highest BCUT2D eigenvalue weighted by atomic mass is 35.5. The van der Waals surface area contributed by atoms with Crippen molar-refractivity contribution < 1.29 is 13.2 Å². The molecule has 0 amide bonds. The largest absolute Gasteiger partial charge is 0.384 e. The summed E-state index contributed by atoms with van der Waals surface area (Å²) in [7, 11) is -1.95. The fourth-order valence-corrected chi connectivity index (χ4v) is 6.31. The molecule has 1 fully saturated rings. The molecule has 3 unspecified atom stereocenters. The fraction of sp³-hybridized carbons (Fsp3) is 0.368. The molecule has 2 aromatic carbocycles. The van der Waals surface area contributed by atoms with Crippen molar-refractivity contribution in [3.63, 3.8) is 0 Å². The van der Waals surface area contributed by atoms with Crippen LogP contribution >= 0.6 is 11.6 Å². The van der Waals surface area contributed by atoms with Crippen LogP contribution in [0.25, 0.3) is 0 Å².